The quantitative estimate of drug-likeness (QED) is 0.906. The van der Waals surface area contributed by atoms with Gasteiger partial charge >= 0.3 is 0 Å². The van der Waals surface area contributed by atoms with Crippen LogP contribution >= 0.6 is 28.3 Å². The topological polar surface area (TPSA) is 26.0 Å². The molecule has 1 aromatic carbocycles. The maximum atomic E-state index is 12.7. The molecule has 1 nitrogen and oxygen atoms in total. The average Bonchev–Trinajstić information content (AvgIpc) is 2.04. The molecule has 0 spiro atoms. The SMILES string of the molecule is Cl.N[C@@H](CCF)c1ccc(F)cc1Br. The molecule has 1 atom stereocenters. The molecule has 0 heterocycles. The minimum Gasteiger partial charge on any atom is -0.324 e. The lowest BCUT2D eigenvalue weighted by Gasteiger charge is -2.11. The van der Waals surface area contributed by atoms with Gasteiger partial charge in [-0.3, -0.25) is 4.39 Å². The van der Waals surface area contributed by atoms with Crippen LogP contribution in [0.3, 0.4) is 0 Å². The number of alkyl halides is 1. The lowest BCUT2D eigenvalue weighted by molar-refractivity contribution is 0.441. The zero-order valence-electron chi connectivity index (χ0n) is 7.34. The van der Waals surface area contributed by atoms with E-state index in [9.17, 15) is 8.78 Å². The second-order valence-corrected chi connectivity index (χ2v) is 3.60. The number of nitrogens with two attached hydrogens (primary N) is 1. The number of rotatable bonds is 3. The molecule has 1 rings (SSSR count). The van der Waals surface area contributed by atoms with Crippen molar-refractivity contribution in [1.82, 2.24) is 0 Å². The molecule has 0 saturated heterocycles. The van der Waals surface area contributed by atoms with Gasteiger partial charge in [0, 0.05) is 10.5 Å². The number of halogens is 4. The summed E-state index contributed by atoms with van der Waals surface area (Å²) in [6.07, 6.45) is 0.254. The highest BCUT2D eigenvalue weighted by atomic mass is 79.9. The van der Waals surface area contributed by atoms with Gasteiger partial charge in [-0.15, -0.1) is 12.4 Å². The van der Waals surface area contributed by atoms with Crippen molar-refractivity contribution < 1.29 is 8.78 Å². The summed E-state index contributed by atoms with van der Waals surface area (Å²) in [5, 5.41) is 0. The monoisotopic (exact) mass is 285 g/mol. The van der Waals surface area contributed by atoms with Gasteiger partial charge in [0.05, 0.1) is 6.67 Å². The number of benzene rings is 1. The van der Waals surface area contributed by atoms with Crippen LogP contribution in [0.1, 0.15) is 18.0 Å². The molecule has 0 radical (unpaired) electrons. The van der Waals surface area contributed by atoms with Crippen LogP contribution in [0.5, 0.6) is 0 Å². The molecule has 0 fully saturated rings. The van der Waals surface area contributed by atoms with Crippen molar-refractivity contribution in [2.24, 2.45) is 5.73 Å². The van der Waals surface area contributed by atoms with E-state index in [2.05, 4.69) is 15.9 Å². The van der Waals surface area contributed by atoms with Gasteiger partial charge in [0.2, 0.25) is 0 Å². The summed E-state index contributed by atoms with van der Waals surface area (Å²) in [5.41, 5.74) is 6.40. The molecule has 5 heteroatoms. The van der Waals surface area contributed by atoms with Crippen LogP contribution in [0.4, 0.5) is 8.78 Å². The summed E-state index contributed by atoms with van der Waals surface area (Å²) < 4.78 is 25.2. The van der Waals surface area contributed by atoms with Gasteiger partial charge in [-0.1, -0.05) is 22.0 Å². The molecule has 0 unspecified atom stereocenters. The van der Waals surface area contributed by atoms with Crippen molar-refractivity contribution in [3.8, 4) is 0 Å². The van der Waals surface area contributed by atoms with Gasteiger partial charge in [0.1, 0.15) is 5.82 Å². The molecule has 0 aromatic heterocycles. The van der Waals surface area contributed by atoms with Crippen molar-refractivity contribution >= 4 is 28.3 Å². The Labute approximate surface area is 96.2 Å². The summed E-state index contributed by atoms with van der Waals surface area (Å²) in [5.74, 6) is -0.330. The molecule has 0 bridgehead atoms. The lowest BCUT2D eigenvalue weighted by Crippen LogP contribution is -2.11. The summed E-state index contributed by atoms with van der Waals surface area (Å²) in [6.45, 7) is -0.467. The van der Waals surface area contributed by atoms with Gasteiger partial charge in [-0.25, -0.2) is 4.39 Å². The van der Waals surface area contributed by atoms with Crippen LogP contribution in [0.2, 0.25) is 0 Å². The fourth-order valence-electron chi connectivity index (χ4n) is 1.08. The Bertz CT molecular complexity index is 296. The average molecular weight is 287 g/mol. The van der Waals surface area contributed by atoms with Crippen LogP contribution < -0.4 is 5.73 Å². The van der Waals surface area contributed by atoms with Gasteiger partial charge in [-0.05, 0) is 24.1 Å². The Hall–Kier alpha value is -0.190. The molecule has 80 valence electrons. The predicted octanol–water partition coefficient (Wildman–Crippen LogP) is 3.37. The molecule has 2 N–H and O–H groups in total. The first-order valence-corrected chi connectivity index (χ1v) is 4.71. The van der Waals surface area contributed by atoms with Crippen molar-refractivity contribution in [1.29, 1.82) is 0 Å². The van der Waals surface area contributed by atoms with E-state index in [0.717, 1.165) is 5.56 Å². The minimum atomic E-state index is -0.467. The van der Waals surface area contributed by atoms with E-state index in [1.54, 1.807) is 6.07 Å². The summed E-state index contributed by atoms with van der Waals surface area (Å²) in [4.78, 5) is 0. The highest BCUT2D eigenvalue weighted by molar-refractivity contribution is 9.10. The highest BCUT2D eigenvalue weighted by Crippen LogP contribution is 2.24. The third-order valence-electron chi connectivity index (χ3n) is 1.78. The molecule has 0 aliphatic heterocycles. The summed E-state index contributed by atoms with van der Waals surface area (Å²) in [7, 11) is 0. The van der Waals surface area contributed by atoms with Crippen LogP contribution in [0.15, 0.2) is 22.7 Å². The number of hydrogen-bond donors (Lipinski definition) is 1. The normalized spacial score (nSPS) is 12.0. The molecule has 1 aromatic rings. The second-order valence-electron chi connectivity index (χ2n) is 2.75. The van der Waals surface area contributed by atoms with Crippen molar-refractivity contribution in [3.63, 3.8) is 0 Å². The Kier molecular flexibility index (Phi) is 6.24. The van der Waals surface area contributed by atoms with E-state index >= 15 is 0 Å². The van der Waals surface area contributed by atoms with Crippen molar-refractivity contribution in [2.45, 2.75) is 12.5 Å². The van der Waals surface area contributed by atoms with Crippen LogP contribution in [-0.4, -0.2) is 6.67 Å². The molecular formula is C9H11BrClF2N. The fraction of sp³-hybridized carbons (Fsp3) is 0.333. The van der Waals surface area contributed by atoms with E-state index in [1.165, 1.54) is 12.1 Å². The van der Waals surface area contributed by atoms with Crippen LogP contribution in [0, 0.1) is 5.82 Å². The first kappa shape index (κ1) is 13.8. The zero-order valence-corrected chi connectivity index (χ0v) is 9.75. The Balaban J connectivity index is 0.00000169. The van der Waals surface area contributed by atoms with E-state index in [1.807, 2.05) is 0 Å². The van der Waals surface area contributed by atoms with Crippen LogP contribution in [0.25, 0.3) is 0 Å². The third-order valence-corrected chi connectivity index (χ3v) is 2.47. The molecule has 0 aliphatic rings. The summed E-state index contributed by atoms with van der Waals surface area (Å²) in [6, 6.07) is 3.84. The molecule has 14 heavy (non-hydrogen) atoms. The predicted molar refractivity (Wildman–Crippen MR) is 58.9 cm³/mol. The first-order valence-electron chi connectivity index (χ1n) is 3.91. The van der Waals surface area contributed by atoms with Crippen molar-refractivity contribution in [3.05, 3.63) is 34.1 Å². The molecule has 0 saturated carbocycles. The van der Waals surface area contributed by atoms with Crippen LogP contribution in [-0.2, 0) is 0 Å². The Morgan fingerprint density at radius 3 is 2.57 bits per heavy atom. The maximum absolute atomic E-state index is 12.7. The fourth-order valence-corrected chi connectivity index (χ4v) is 1.72. The second kappa shape index (κ2) is 6.32. The third kappa shape index (κ3) is 3.52. The summed E-state index contributed by atoms with van der Waals surface area (Å²) >= 11 is 3.18. The maximum Gasteiger partial charge on any atom is 0.124 e. The van der Waals surface area contributed by atoms with Gasteiger partial charge in [0.15, 0.2) is 0 Å². The number of hydrogen-bond acceptors (Lipinski definition) is 1. The standard InChI is InChI=1S/C9H10BrF2N.ClH/c10-8-5-6(12)1-2-7(8)9(13)3-4-11;/h1-2,5,9H,3-4,13H2;1H/t9-;/m0./s1. The van der Waals surface area contributed by atoms with E-state index < -0.39 is 6.67 Å². The van der Waals surface area contributed by atoms with Crippen molar-refractivity contribution in [2.75, 3.05) is 6.67 Å². The molecule has 0 aliphatic carbocycles. The Morgan fingerprint density at radius 2 is 2.07 bits per heavy atom. The first-order chi connectivity index (χ1) is 6.15. The van der Waals surface area contributed by atoms with Gasteiger partial charge in [0.25, 0.3) is 0 Å². The Morgan fingerprint density at radius 1 is 1.43 bits per heavy atom. The van der Waals surface area contributed by atoms with Gasteiger partial charge in [-0.2, -0.15) is 0 Å². The molecular weight excluding hydrogens is 275 g/mol. The van der Waals surface area contributed by atoms with E-state index in [0.29, 0.717) is 4.47 Å². The van der Waals surface area contributed by atoms with E-state index in [-0.39, 0.29) is 30.7 Å². The van der Waals surface area contributed by atoms with E-state index in [4.69, 9.17) is 5.73 Å². The lowest BCUT2D eigenvalue weighted by atomic mass is 10.1. The minimum absolute atomic E-state index is 0. The van der Waals surface area contributed by atoms with Gasteiger partial charge < -0.3 is 5.73 Å². The smallest absolute Gasteiger partial charge is 0.124 e. The molecule has 0 amide bonds. The largest absolute Gasteiger partial charge is 0.324 e. The highest BCUT2D eigenvalue weighted by Gasteiger charge is 2.09. The zero-order chi connectivity index (χ0) is 9.84.